The Morgan fingerprint density at radius 1 is 0.455 bits per heavy atom. The minimum atomic E-state index is -4.45. The summed E-state index contributed by atoms with van der Waals surface area (Å²) in [4.78, 5) is 37.7. The third kappa shape index (κ3) is 58.2. The fraction of sp³-hybridized carbons (Fsp3) is 0.821. The zero-order valence-electron chi connectivity index (χ0n) is 51.5. The fourth-order valence-corrected chi connectivity index (χ4v) is 10.1. The summed E-state index contributed by atoms with van der Waals surface area (Å²) in [5.74, 6) is -0.502. The summed E-state index contributed by atoms with van der Waals surface area (Å²) in [6, 6.07) is -0.849. The molecule has 10 heteroatoms. The van der Waals surface area contributed by atoms with Gasteiger partial charge in [-0.15, -0.1) is 0 Å². The quantitative estimate of drug-likeness (QED) is 0.0205. The van der Waals surface area contributed by atoms with E-state index in [2.05, 4.69) is 74.7 Å². The Balaban J connectivity index is 5.14. The highest BCUT2D eigenvalue weighted by Crippen LogP contribution is 2.43. The van der Waals surface area contributed by atoms with Crippen molar-refractivity contribution in [2.24, 2.45) is 0 Å². The molecule has 77 heavy (non-hydrogen) atoms. The number of carbonyl (C=O) groups is 2. The van der Waals surface area contributed by atoms with Crippen LogP contribution in [0.5, 0.6) is 0 Å². The number of phosphoric ester groups is 1. The van der Waals surface area contributed by atoms with Gasteiger partial charge in [-0.1, -0.05) is 275 Å². The summed E-state index contributed by atoms with van der Waals surface area (Å²) < 4.78 is 30.7. The molecule has 0 rings (SSSR count). The molecule has 0 fully saturated rings. The van der Waals surface area contributed by atoms with Gasteiger partial charge in [-0.25, -0.2) is 4.57 Å². The van der Waals surface area contributed by atoms with Crippen molar-refractivity contribution in [3.8, 4) is 0 Å². The molecule has 450 valence electrons. The molecule has 0 spiro atoms. The van der Waals surface area contributed by atoms with E-state index in [1.54, 1.807) is 0 Å². The third-order valence-electron chi connectivity index (χ3n) is 14.5. The van der Waals surface area contributed by atoms with E-state index in [9.17, 15) is 19.0 Å². The highest BCUT2D eigenvalue weighted by atomic mass is 31.2. The van der Waals surface area contributed by atoms with Crippen LogP contribution in [0.25, 0.3) is 0 Å². The number of carbonyl (C=O) groups excluding carboxylic acids is 2. The molecule has 0 saturated carbocycles. The molecular weight excluding hydrogens is 976 g/mol. The molecule has 0 aromatic rings. The minimum absolute atomic E-state index is 0.0396. The summed E-state index contributed by atoms with van der Waals surface area (Å²) in [5, 5.41) is 3.06. The van der Waals surface area contributed by atoms with Gasteiger partial charge in [0.15, 0.2) is 0 Å². The van der Waals surface area contributed by atoms with Crippen LogP contribution in [0, 0.1) is 0 Å². The van der Waals surface area contributed by atoms with E-state index >= 15 is 0 Å². The second-order valence-electron chi connectivity index (χ2n) is 23.3. The highest BCUT2D eigenvalue weighted by molar-refractivity contribution is 7.47. The van der Waals surface area contributed by atoms with Crippen LogP contribution in [-0.4, -0.2) is 74.3 Å². The predicted octanol–water partition coefficient (Wildman–Crippen LogP) is 20.2. The number of amides is 1. The number of nitrogens with one attached hydrogen (secondary N) is 1. The van der Waals surface area contributed by atoms with Crippen molar-refractivity contribution in [2.75, 3.05) is 40.9 Å². The lowest BCUT2D eigenvalue weighted by Gasteiger charge is -2.27. The van der Waals surface area contributed by atoms with Crippen LogP contribution >= 0.6 is 7.82 Å². The Morgan fingerprint density at radius 2 is 0.792 bits per heavy atom. The van der Waals surface area contributed by atoms with Gasteiger partial charge in [0, 0.05) is 12.8 Å². The smallest absolute Gasteiger partial charge is 0.456 e. The van der Waals surface area contributed by atoms with Crippen molar-refractivity contribution in [3.63, 3.8) is 0 Å². The molecule has 0 heterocycles. The van der Waals surface area contributed by atoms with Crippen LogP contribution < -0.4 is 5.32 Å². The molecular formula is C67H126N2O7P+. The summed E-state index contributed by atoms with van der Waals surface area (Å²) in [5.41, 5.74) is 0. The average molecular weight is 1100 g/mol. The van der Waals surface area contributed by atoms with E-state index in [-0.39, 0.29) is 31.5 Å². The normalized spacial score (nSPS) is 14.0. The van der Waals surface area contributed by atoms with Crippen LogP contribution in [-0.2, 0) is 27.9 Å². The molecule has 0 saturated heterocycles. The van der Waals surface area contributed by atoms with Gasteiger partial charge in [0.1, 0.15) is 19.3 Å². The Labute approximate surface area is 477 Å². The van der Waals surface area contributed by atoms with Crippen LogP contribution in [0.2, 0.25) is 0 Å². The number of hydrogen-bond donors (Lipinski definition) is 2. The van der Waals surface area contributed by atoms with Gasteiger partial charge >= 0.3 is 13.8 Å². The zero-order chi connectivity index (χ0) is 56.4. The van der Waals surface area contributed by atoms with Crippen molar-refractivity contribution >= 4 is 19.7 Å². The maximum absolute atomic E-state index is 13.5. The number of likely N-dealkylation sites (N-methyl/N-ethyl adjacent to an activating group) is 1. The van der Waals surface area contributed by atoms with Crippen LogP contribution in [0.15, 0.2) is 60.8 Å². The number of rotatable bonds is 59. The lowest BCUT2D eigenvalue weighted by Crippen LogP contribution is -2.47. The number of esters is 1. The topological polar surface area (TPSA) is 111 Å². The number of ether oxygens (including phenoxy) is 1. The van der Waals surface area contributed by atoms with Gasteiger partial charge in [-0.3, -0.25) is 18.6 Å². The lowest BCUT2D eigenvalue weighted by atomic mass is 10.0. The van der Waals surface area contributed by atoms with E-state index in [4.69, 9.17) is 13.8 Å². The maximum atomic E-state index is 13.5. The molecule has 0 aliphatic heterocycles. The molecule has 9 nitrogen and oxygen atoms in total. The second kappa shape index (κ2) is 57.0. The first kappa shape index (κ1) is 74.7. The molecule has 0 aromatic carbocycles. The average Bonchev–Trinajstić information content (AvgIpc) is 3.39. The van der Waals surface area contributed by atoms with Crippen LogP contribution in [0.4, 0.5) is 0 Å². The fourth-order valence-electron chi connectivity index (χ4n) is 9.40. The number of allylic oxidation sites excluding steroid dienone is 9. The van der Waals surface area contributed by atoms with E-state index in [1.165, 1.54) is 186 Å². The number of hydrogen-bond acceptors (Lipinski definition) is 6. The first-order chi connectivity index (χ1) is 37.4. The van der Waals surface area contributed by atoms with Crippen molar-refractivity contribution in [2.45, 2.75) is 315 Å². The van der Waals surface area contributed by atoms with Gasteiger partial charge in [0.25, 0.3) is 0 Å². The summed E-state index contributed by atoms with van der Waals surface area (Å²) in [7, 11) is 1.50. The molecule has 1 amide bonds. The standard InChI is InChI=1S/C67H125N2O7P/c1-7-10-13-16-19-22-25-28-29-30-31-32-33-34-35-36-37-38-39-42-45-48-51-54-57-60-67(71)76-65(58-55-52-49-46-43-40-26-23-20-17-14-11-8-2)64(63-75-77(72,73)74-62-61-69(4,5)6)68-66(70)59-56-53-50-47-44-41-27-24-21-18-15-12-9-3/h19,22,28-29,31-32,34-35,55,58,64-65H,7-18,20-21,23-27,30,33,36-54,56-57,59-63H2,1-6H3,(H-,68,70,72,73)/p+1/b22-19-,29-28-,32-31-,35-34-,58-55-. The van der Waals surface area contributed by atoms with Crippen molar-refractivity contribution in [1.82, 2.24) is 5.32 Å². The Morgan fingerprint density at radius 3 is 1.21 bits per heavy atom. The Kier molecular flexibility index (Phi) is 55.3. The number of quaternary nitrogens is 1. The second-order valence-corrected chi connectivity index (χ2v) is 24.7. The molecule has 3 unspecified atom stereocenters. The maximum Gasteiger partial charge on any atom is 0.472 e. The Bertz CT molecular complexity index is 1500. The van der Waals surface area contributed by atoms with E-state index in [1.807, 2.05) is 33.3 Å². The van der Waals surface area contributed by atoms with Crippen molar-refractivity contribution in [1.29, 1.82) is 0 Å². The minimum Gasteiger partial charge on any atom is -0.456 e. The summed E-state index contributed by atoms with van der Waals surface area (Å²) in [6.45, 7) is 7.00. The van der Waals surface area contributed by atoms with Crippen molar-refractivity contribution in [3.05, 3.63) is 60.8 Å². The number of phosphoric acid groups is 1. The van der Waals surface area contributed by atoms with Crippen LogP contribution in [0.3, 0.4) is 0 Å². The van der Waals surface area contributed by atoms with E-state index in [0.29, 0.717) is 17.4 Å². The Hall–Kier alpha value is -2.29. The first-order valence-electron chi connectivity index (χ1n) is 32.6. The van der Waals surface area contributed by atoms with Gasteiger partial charge in [-0.2, -0.15) is 0 Å². The molecule has 0 aliphatic rings. The van der Waals surface area contributed by atoms with E-state index in [0.717, 1.165) is 83.5 Å². The SMILES string of the molecule is CCCCC/C=C\C/C=C\C/C=C\C/C=C\CCCCCCCCCCCC(=O)OC(/C=C\CCCCCCCCCCCCC)C(COP(=O)(O)OCC[N+](C)(C)C)NC(=O)CCCCCCCCCCCCCCC. The summed E-state index contributed by atoms with van der Waals surface area (Å²) >= 11 is 0. The molecule has 2 N–H and O–H groups in total. The molecule has 0 radical (unpaired) electrons. The zero-order valence-corrected chi connectivity index (χ0v) is 52.3. The highest BCUT2D eigenvalue weighted by Gasteiger charge is 2.30. The number of nitrogens with zero attached hydrogens (tertiary/aromatic N) is 1. The molecule has 3 atom stereocenters. The monoisotopic (exact) mass is 1100 g/mol. The molecule has 0 aromatic heterocycles. The summed E-state index contributed by atoms with van der Waals surface area (Å²) in [6.07, 6.45) is 72.1. The van der Waals surface area contributed by atoms with Gasteiger partial charge in [-0.05, 0) is 76.7 Å². The van der Waals surface area contributed by atoms with Gasteiger partial charge in [0.05, 0.1) is 33.8 Å². The van der Waals surface area contributed by atoms with E-state index < -0.39 is 20.0 Å². The third-order valence-corrected chi connectivity index (χ3v) is 15.4. The lowest BCUT2D eigenvalue weighted by molar-refractivity contribution is -0.870. The van der Waals surface area contributed by atoms with Gasteiger partial charge in [0.2, 0.25) is 5.91 Å². The number of unbranched alkanes of at least 4 members (excludes halogenated alkanes) is 35. The van der Waals surface area contributed by atoms with Crippen LogP contribution in [0.1, 0.15) is 303 Å². The molecule has 0 aliphatic carbocycles. The predicted molar refractivity (Wildman–Crippen MR) is 332 cm³/mol. The first-order valence-corrected chi connectivity index (χ1v) is 34.1. The molecule has 0 bridgehead atoms. The largest absolute Gasteiger partial charge is 0.472 e. The van der Waals surface area contributed by atoms with Crippen molar-refractivity contribution < 1.29 is 37.3 Å². The van der Waals surface area contributed by atoms with Gasteiger partial charge < -0.3 is 19.4 Å².